The number of benzene rings is 1. The number of hydrogen-bond donors (Lipinski definition) is 0. The number of aromatic nitrogens is 1. The summed E-state index contributed by atoms with van der Waals surface area (Å²) in [7, 11) is 2.95. The summed E-state index contributed by atoms with van der Waals surface area (Å²) >= 11 is 0. The number of rotatable bonds is 6. The zero-order valence-electron chi connectivity index (χ0n) is 12.0. The summed E-state index contributed by atoms with van der Waals surface area (Å²) < 4.78 is 15.7. The molecule has 0 aliphatic carbocycles. The third-order valence-corrected chi connectivity index (χ3v) is 3.05. The number of nitrogens with zero attached hydrogens (tertiary/aromatic N) is 1. The van der Waals surface area contributed by atoms with Gasteiger partial charge in [-0.25, -0.2) is 0 Å². The minimum Gasteiger partial charge on any atom is -0.497 e. The molecule has 0 saturated heterocycles. The highest BCUT2D eigenvalue weighted by Crippen LogP contribution is 2.22. The molecule has 21 heavy (non-hydrogen) atoms. The smallest absolute Gasteiger partial charge is 0.316 e. The van der Waals surface area contributed by atoms with Crippen LogP contribution >= 0.6 is 0 Å². The number of esters is 1. The van der Waals surface area contributed by atoms with Gasteiger partial charge in [-0.1, -0.05) is 6.07 Å². The molecule has 0 aliphatic rings. The van der Waals surface area contributed by atoms with Gasteiger partial charge in [0.05, 0.1) is 14.2 Å². The maximum Gasteiger partial charge on any atom is 0.316 e. The van der Waals surface area contributed by atoms with Crippen LogP contribution in [0.25, 0.3) is 0 Å². The number of methoxy groups -OCH3 is 2. The summed E-state index contributed by atoms with van der Waals surface area (Å²) in [5.41, 5.74) is 0.805. The van der Waals surface area contributed by atoms with E-state index in [0.717, 1.165) is 5.56 Å². The second kappa shape index (κ2) is 7.28. The van der Waals surface area contributed by atoms with E-state index >= 15 is 0 Å². The molecule has 1 aromatic carbocycles. The largest absolute Gasteiger partial charge is 0.497 e. The first kappa shape index (κ1) is 14.8. The average Bonchev–Trinajstić information content (AvgIpc) is 2.56. The predicted molar refractivity (Wildman–Crippen MR) is 77.5 cm³/mol. The van der Waals surface area contributed by atoms with Gasteiger partial charge in [0.1, 0.15) is 24.0 Å². The monoisotopic (exact) mass is 287 g/mol. The van der Waals surface area contributed by atoms with Crippen LogP contribution in [0.15, 0.2) is 48.8 Å². The molecule has 0 aliphatic heterocycles. The summed E-state index contributed by atoms with van der Waals surface area (Å²) in [5.74, 6) is 0.497. The van der Waals surface area contributed by atoms with E-state index in [-0.39, 0.29) is 12.6 Å². The van der Waals surface area contributed by atoms with Crippen molar-refractivity contribution in [3.63, 3.8) is 0 Å². The minimum absolute atomic E-state index is 0.184. The molecule has 0 radical (unpaired) electrons. The minimum atomic E-state index is -0.496. The fourth-order valence-electron chi connectivity index (χ4n) is 1.91. The third kappa shape index (κ3) is 3.95. The zero-order valence-corrected chi connectivity index (χ0v) is 12.0. The molecule has 0 N–H and O–H groups in total. The average molecular weight is 287 g/mol. The molecule has 1 heterocycles. The highest BCUT2D eigenvalue weighted by Gasteiger charge is 2.22. The topological polar surface area (TPSA) is 57.7 Å². The van der Waals surface area contributed by atoms with E-state index < -0.39 is 5.92 Å². The number of carbonyl (C=O) groups excluding carboxylic acids is 1. The first-order valence-electron chi connectivity index (χ1n) is 6.49. The van der Waals surface area contributed by atoms with Gasteiger partial charge < -0.3 is 14.2 Å². The Labute approximate surface area is 123 Å². The molecule has 110 valence electrons. The summed E-state index contributed by atoms with van der Waals surface area (Å²) in [6.07, 6.45) is 3.27. The third-order valence-electron chi connectivity index (χ3n) is 3.05. The molecular weight excluding hydrogens is 270 g/mol. The molecule has 2 rings (SSSR count). The van der Waals surface area contributed by atoms with E-state index in [1.165, 1.54) is 7.11 Å². The number of hydrogen-bond acceptors (Lipinski definition) is 5. The molecule has 0 amide bonds. The standard InChI is InChI=1S/C16H17NO4/c1-19-13-4-3-5-14(10-13)21-11-15(16(18)20-2)12-6-8-17-9-7-12/h3-10,15H,11H2,1-2H3. The molecule has 1 unspecified atom stereocenters. The van der Waals surface area contributed by atoms with Gasteiger partial charge in [-0.15, -0.1) is 0 Å². The van der Waals surface area contributed by atoms with E-state index in [2.05, 4.69) is 4.98 Å². The second-order valence-electron chi connectivity index (χ2n) is 4.35. The number of pyridine rings is 1. The van der Waals surface area contributed by atoms with Gasteiger partial charge in [-0.3, -0.25) is 9.78 Å². The summed E-state index contributed by atoms with van der Waals surface area (Å²) in [6.45, 7) is 0.184. The van der Waals surface area contributed by atoms with Crippen LogP contribution in [-0.4, -0.2) is 31.8 Å². The molecule has 5 nitrogen and oxygen atoms in total. The normalized spacial score (nSPS) is 11.5. The molecule has 1 aromatic heterocycles. The molecule has 1 atom stereocenters. The Bertz CT molecular complexity index is 586. The van der Waals surface area contributed by atoms with Crippen LogP contribution in [-0.2, 0) is 9.53 Å². The van der Waals surface area contributed by atoms with Crippen molar-refractivity contribution >= 4 is 5.97 Å². The Morgan fingerprint density at radius 2 is 1.86 bits per heavy atom. The van der Waals surface area contributed by atoms with Crippen LogP contribution in [0.2, 0.25) is 0 Å². The number of ether oxygens (including phenoxy) is 3. The van der Waals surface area contributed by atoms with Gasteiger partial charge in [-0.05, 0) is 29.8 Å². The molecule has 0 fully saturated rings. The lowest BCUT2D eigenvalue weighted by Crippen LogP contribution is -2.21. The second-order valence-corrected chi connectivity index (χ2v) is 4.35. The SMILES string of the molecule is COC(=O)C(COc1cccc(OC)c1)c1ccncc1. The first-order valence-corrected chi connectivity index (χ1v) is 6.49. The van der Waals surface area contributed by atoms with Crippen molar-refractivity contribution in [3.05, 3.63) is 54.4 Å². The predicted octanol–water partition coefficient (Wildman–Crippen LogP) is 2.43. The fraction of sp³-hybridized carbons (Fsp3) is 0.250. The Morgan fingerprint density at radius 3 is 2.52 bits per heavy atom. The van der Waals surface area contributed by atoms with Gasteiger partial charge in [0.15, 0.2) is 0 Å². The van der Waals surface area contributed by atoms with Crippen molar-refractivity contribution in [1.82, 2.24) is 4.98 Å². The maximum atomic E-state index is 11.9. The Morgan fingerprint density at radius 1 is 1.14 bits per heavy atom. The molecule has 0 saturated carbocycles. The first-order chi connectivity index (χ1) is 10.2. The van der Waals surface area contributed by atoms with E-state index in [4.69, 9.17) is 14.2 Å². The van der Waals surface area contributed by atoms with E-state index in [9.17, 15) is 4.79 Å². The molecule has 2 aromatic rings. The van der Waals surface area contributed by atoms with Crippen LogP contribution in [0.4, 0.5) is 0 Å². The van der Waals surface area contributed by atoms with E-state index in [1.807, 2.05) is 18.2 Å². The van der Waals surface area contributed by atoms with Crippen LogP contribution < -0.4 is 9.47 Å². The van der Waals surface area contributed by atoms with Crippen LogP contribution in [0.1, 0.15) is 11.5 Å². The van der Waals surface area contributed by atoms with Gasteiger partial charge in [0, 0.05) is 18.5 Å². The van der Waals surface area contributed by atoms with Crippen molar-refractivity contribution in [2.75, 3.05) is 20.8 Å². The highest BCUT2D eigenvalue weighted by molar-refractivity contribution is 5.78. The summed E-state index contributed by atoms with van der Waals surface area (Å²) in [6, 6.07) is 10.8. The fourth-order valence-corrected chi connectivity index (χ4v) is 1.91. The van der Waals surface area contributed by atoms with Gasteiger partial charge >= 0.3 is 5.97 Å². The van der Waals surface area contributed by atoms with Crippen LogP contribution in [0, 0.1) is 0 Å². The van der Waals surface area contributed by atoms with Crippen molar-refractivity contribution in [3.8, 4) is 11.5 Å². The Kier molecular flexibility index (Phi) is 5.15. The van der Waals surface area contributed by atoms with E-state index in [0.29, 0.717) is 11.5 Å². The Balaban J connectivity index is 2.11. The molecular formula is C16H17NO4. The van der Waals surface area contributed by atoms with Gasteiger partial charge in [0.25, 0.3) is 0 Å². The van der Waals surface area contributed by atoms with Crippen molar-refractivity contribution in [1.29, 1.82) is 0 Å². The molecule has 0 spiro atoms. The summed E-state index contributed by atoms with van der Waals surface area (Å²) in [4.78, 5) is 15.9. The van der Waals surface area contributed by atoms with Gasteiger partial charge in [-0.2, -0.15) is 0 Å². The zero-order chi connectivity index (χ0) is 15.1. The number of carbonyl (C=O) groups is 1. The summed E-state index contributed by atoms with van der Waals surface area (Å²) in [5, 5.41) is 0. The lowest BCUT2D eigenvalue weighted by atomic mass is 10.0. The van der Waals surface area contributed by atoms with Crippen LogP contribution in [0.3, 0.4) is 0 Å². The molecule has 5 heteroatoms. The quantitative estimate of drug-likeness (QED) is 0.764. The maximum absolute atomic E-state index is 11.9. The lowest BCUT2D eigenvalue weighted by Gasteiger charge is -2.16. The highest BCUT2D eigenvalue weighted by atomic mass is 16.5. The van der Waals surface area contributed by atoms with Crippen molar-refractivity contribution < 1.29 is 19.0 Å². The lowest BCUT2D eigenvalue weighted by molar-refractivity contribution is -0.143. The van der Waals surface area contributed by atoms with Crippen molar-refractivity contribution in [2.45, 2.75) is 5.92 Å². The van der Waals surface area contributed by atoms with Gasteiger partial charge in [0.2, 0.25) is 0 Å². The Hall–Kier alpha value is -2.56. The van der Waals surface area contributed by atoms with E-state index in [1.54, 1.807) is 37.7 Å². The van der Waals surface area contributed by atoms with Crippen molar-refractivity contribution in [2.24, 2.45) is 0 Å². The molecule has 0 bridgehead atoms. The van der Waals surface area contributed by atoms with Crippen LogP contribution in [0.5, 0.6) is 11.5 Å².